The maximum absolute atomic E-state index is 11.4. The summed E-state index contributed by atoms with van der Waals surface area (Å²) < 4.78 is 4.64. The number of hydrogen-bond donors (Lipinski definition) is 0. The van der Waals surface area contributed by atoms with Crippen molar-refractivity contribution in [1.29, 1.82) is 0 Å². The number of rotatable bonds is 8. The minimum absolute atomic E-state index is 0.102. The number of unbranched alkanes of at least 4 members (excludes halogenated alkanes) is 2. The van der Waals surface area contributed by atoms with Crippen molar-refractivity contribution in [3.8, 4) is 0 Å². The highest BCUT2D eigenvalue weighted by molar-refractivity contribution is 5.97. The van der Waals surface area contributed by atoms with E-state index < -0.39 is 11.9 Å². The molecule has 0 spiro atoms. The fourth-order valence-electron chi connectivity index (χ4n) is 2.13. The van der Waals surface area contributed by atoms with Gasteiger partial charge in [0.05, 0.1) is 7.11 Å². The molecule has 0 aliphatic carbocycles. The zero-order valence-electron chi connectivity index (χ0n) is 11.7. The molecule has 0 aliphatic heterocycles. The largest absolute Gasteiger partial charge is 0.468 e. The zero-order valence-corrected chi connectivity index (χ0v) is 11.7. The number of esters is 1. The minimum atomic E-state index is -0.582. The molecular formula is C16H22O3. The molecule has 1 rings (SSSR count). The van der Waals surface area contributed by atoms with Crippen LogP contribution in [0, 0.1) is 5.92 Å². The maximum Gasteiger partial charge on any atom is 0.316 e. The Labute approximate surface area is 115 Å². The molecule has 0 radical (unpaired) electrons. The summed E-state index contributed by atoms with van der Waals surface area (Å²) in [6, 6.07) is 10.3. The normalized spacial score (nSPS) is 11.9. The summed E-state index contributed by atoms with van der Waals surface area (Å²) in [5, 5.41) is 0. The first kappa shape index (κ1) is 15.4. The van der Waals surface area contributed by atoms with Crippen molar-refractivity contribution in [2.45, 2.75) is 39.0 Å². The summed E-state index contributed by atoms with van der Waals surface area (Å²) >= 11 is 0. The van der Waals surface area contributed by atoms with Gasteiger partial charge in [0.2, 0.25) is 0 Å². The lowest BCUT2D eigenvalue weighted by Gasteiger charge is -2.10. The second-order valence-electron chi connectivity index (χ2n) is 4.77. The summed E-state index contributed by atoms with van der Waals surface area (Å²) in [7, 11) is 1.33. The van der Waals surface area contributed by atoms with Gasteiger partial charge >= 0.3 is 5.97 Å². The summed E-state index contributed by atoms with van der Waals surface area (Å²) in [4.78, 5) is 22.7. The Kier molecular flexibility index (Phi) is 6.86. The van der Waals surface area contributed by atoms with Gasteiger partial charge in [-0.1, -0.05) is 43.2 Å². The molecular weight excluding hydrogens is 240 g/mol. The molecule has 1 unspecified atom stereocenters. The van der Waals surface area contributed by atoms with E-state index in [2.05, 4.69) is 16.9 Å². The number of ether oxygens (including phenoxy) is 1. The Morgan fingerprint density at radius 3 is 2.37 bits per heavy atom. The lowest BCUT2D eigenvalue weighted by molar-refractivity contribution is -0.149. The van der Waals surface area contributed by atoms with Crippen LogP contribution >= 0.6 is 0 Å². The molecule has 0 N–H and O–H groups in total. The summed E-state index contributed by atoms with van der Waals surface area (Å²) in [6.45, 7) is 1.45. The van der Waals surface area contributed by atoms with Crippen molar-refractivity contribution >= 4 is 11.8 Å². The molecule has 0 heterocycles. The lowest BCUT2D eigenvalue weighted by atomic mass is 9.97. The molecule has 3 nitrogen and oxygen atoms in total. The standard InChI is InChI=1S/C16H22O3/c1-13(17)15(16(18)19-2)12-8-4-7-11-14-9-5-3-6-10-14/h3,5-6,9-10,15H,4,7-8,11-12H2,1-2H3. The smallest absolute Gasteiger partial charge is 0.316 e. The molecule has 0 amide bonds. The molecule has 1 atom stereocenters. The van der Waals surface area contributed by atoms with E-state index in [0.29, 0.717) is 6.42 Å². The Morgan fingerprint density at radius 2 is 1.79 bits per heavy atom. The van der Waals surface area contributed by atoms with Crippen molar-refractivity contribution < 1.29 is 14.3 Å². The van der Waals surface area contributed by atoms with Gasteiger partial charge < -0.3 is 4.74 Å². The van der Waals surface area contributed by atoms with Crippen LogP contribution < -0.4 is 0 Å². The van der Waals surface area contributed by atoms with Crippen LogP contribution in [0.2, 0.25) is 0 Å². The molecule has 3 heteroatoms. The summed E-state index contributed by atoms with van der Waals surface area (Å²) in [6.07, 6.45) is 4.62. The predicted octanol–water partition coefficient (Wildman–Crippen LogP) is 3.17. The lowest BCUT2D eigenvalue weighted by Crippen LogP contribution is -2.23. The topological polar surface area (TPSA) is 43.4 Å². The van der Waals surface area contributed by atoms with E-state index >= 15 is 0 Å². The van der Waals surface area contributed by atoms with Gasteiger partial charge in [0, 0.05) is 0 Å². The fraction of sp³-hybridized carbons (Fsp3) is 0.500. The molecule has 0 fully saturated rings. The van der Waals surface area contributed by atoms with E-state index in [1.807, 2.05) is 18.2 Å². The van der Waals surface area contributed by atoms with Crippen molar-refractivity contribution in [2.75, 3.05) is 7.11 Å². The molecule has 104 valence electrons. The summed E-state index contributed by atoms with van der Waals surface area (Å²) in [5.74, 6) is -1.09. The Bertz CT molecular complexity index is 398. The monoisotopic (exact) mass is 262 g/mol. The Hall–Kier alpha value is -1.64. The highest BCUT2D eigenvalue weighted by atomic mass is 16.5. The van der Waals surface area contributed by atoms with Crippen LogP contribution in [0.15, 0.2) is 30.3 Å². The van der Waals surface area contributed by atoms with Crippen molar-refractivity contribution in [3.05, 3.63) is 35.9 Å². The maximum atomic E-state index is 11.4. The first-order valence-electron chi connectivity index (χ1n) is 6.77. The zero-order chi connectivity index (χ0) is 14.1. The van der Waals surface area contributed by atoms with Gasteiger partial charge in [-0.05, 0) is 31.7 Å². The molecule has 0 bridgehead atoms. The van der Waals surface area contributed by atoms with E-state index in [1.54, 1.807) is 0 Å². The quantitative estimate of drug-likeness (QED) is 0.410. The van der Waals surface area contributed by atoms with Crippen LogP contribution in [0.3, 0.4) is 0 Å². The molecule has 0 aliphatic rings. The van der Waals surface area contributed by atoms with Crippen LogP contribution in [0.25, 0.3) is 0 Å². The molecule has 0 saturated carbocycles. The van der Waals surface area contributed by atoms with Gasteiger partial charge in [0.1, 0.15) is 11.7 Å². The highest BCUT2D eigenvalue weighted by Crippen LogP contribution is 2.14. The first-order valence-corrected chi connectivity index (χ1v) is 6.77. The number of carbonyl (C=O) groups excluding carboxylic acids is 2. The van der Waals surface area contributed by atoms with Crippen LogP contribution in [0.1, 0.15) is 38.2 Å². The average Bonchev–Trinajstić information content (AvgIpc) is 2.42. The third-order valence-corrected chi connectivity index (χ3v) is 3.28. The average molecular weight is 262 g/mol. The second kappa shape index (κ2) is 8.46. The number of Topliss-reactive ketones (excluding diaryl/α,β-unsaturated/α-hetero) is 1. The second-order valence-corrected chi connectivity index (χ2v) is 4.77. The van der Waals surface area contributed by atoms with Crippen LogP contribution in [0.4, 0.5) is 0 Å². The Balaban J connectivity index is 2.22. The first-order chi connectivity index (χ1) is 9.15. The third-order valence-electron chi connectivity index (χ3n) is 3.28. The molecule has 19 heavy (non-hydrogen) atoms. The number of aryl methyl sites for hydroxylation is 1. The molecule has 1 aromatic carbocycles. The number of carbonyl (C=O) groups is 2. The van der Waals surface area contributed by atoms with E-state index in [9.17, 15) is 9.59 Å². The van der Waals surface area contributed by atoms with Crippen LogP contribution in [-0.4, -0.2) is 18.9 Å². The third kappa shape index (κ3) is 5.69. The van der Waals surface area contributed by atoms with Gasteiger partial charge in [-0.2, -0.15) is 0 Å². The van der Waals surface area contributed by atoms with Crippen LogP contribution in [-0.2, 0) is 20.7 Å². The summed E-state index contributed by atoms with van der Waals surface area (Å²) in [5.41, 5.74) is 1.33. The van der Waals surface area contributed by atoms with E-state index in [1.165, 1.54) is 19.6 Å². The van der Waals surface area contributed by atoms with E-state index in [-0.39, 0.29) is 5.78 Å². The number of hydrogen-bond acceptors (Lipinski definition) is 3. The minimum Gasteiger partial charge on any atom is -0.468 e. The molecule has 1 aromatic rings. The molecule has 0 saturated heterocycles. The van der Waals surface area contributed by atoms with Gasteiger partial charge in [-0.3, -0.25) is 9.59 Å². The van der Waals surface area contributed by atoms with Gasteiger partial charge in [0.25, 0.3) is 0 Å². The van der Waals surface area contributed by atoms with E-state index in [0.717, 1.165) is 25.7 Å². The van der Waals surface area contributed by atoms with Crippen LogP contribution in [0.5, 0.6) is 0 Å². The van der Waals surface area contributed by atoms with Crippen molar-refractivity contribution in [3.63, 3.8) is 0 Å². The number of methoxy groups -OCH3 is 1. The Morgan fingerprint density at radius 1 is 1.11 bits per heavy atom. The fourth-order valence-corrected chi connectivity index (χ4v) is 2.13. The molecule has 0 aromatic heterocycles. The number of ketones is 1. The SMILES string of the molecule is COC(=O)C(CCCCCc1ccccc1)C(C)=O. The van der Waals surface area contributed by atoms with Gasteiger partial charge in [-0.25, -0.2) is 0 Å². The van der Waals surface area contributed by atoms with Crippen molar-refractivity contribution in [1.82, 2.24) is 0 Å². The number of benzene rings is 1. The van der Waals surface area contributed by atoms with E-state index in [4.69, 9.17) is 0 Å². The van der Waals surface area contributed by atoms with Crippen molar-refractivity contribution in [2.24, 2.45) is 5.92 Å². The van der Waals surface area contributed by atoms with Gasteiger partial charge in [0.15, 0.2) is 0 Å². The predicted molar refractivity (Wildman–Crippen MR) is 74.8 cm³/mol. The van der Waals surface area contributed by atoms with Gasteiger partial charge in [-0.15, -0.1) is 0 Å². The highest BCUT2D eigenvalue weighted by Gasteiger charge is 2.23.